The Balaban J connectivity index is 2.44. The molecule has 1 fully saturated rings. The Morgan fingerprint density at radius 1 is 1.10 bits per heavy atom. The highest BCUT2D eigenvalue weighted by atomic mass is 35.5. The van der Waals surface area contributed by atoms with Gasteiger partial charge in [0, 0.05) is 15.5 Å². The summed E-state index contributed by atoms with van der Waals surface area (Å²) in [6.45, 7) is 10.4. The Labute approximate surface area is 130 Å². The van der Waals surface area contributed by atoms with Crippen LogP contribution in [0, 0.1) is 0 Å². The topological polar surface area (TPSA) is 27.7 Å². The average Bonchev–Trinajstić information content (AvgIpc) is 2.46. The Kier molecular flexibility index (Phi) is 4.32. The van der Waals surface area contributed by atoms with Crippen LogP contribution >= 0.6 is 23.2 Å². The van der Waals surface area contributed by atoms with Gasteiger partial charge in [-0.25, -0.2) is 0 Å². The van der Waals surface area contributed by atoms with E-state index in [1.807, 2.05) is 34.6 Å². The molecule has 1 heterocycles. The van der Waals surface area contributed by atoms with Gasteiger partial charge < -0.3 is 14.0 Å². The number of ether oxygens (including phenoxy) is 1. The predicted molar refractivity (Wildman–Crippen MR) is 83.3 cm³/mol. The number of hydrogen-bond donors (Lipinski definition) is 0. The van der Waals surface area contributed by atoms with Crippen LogP contribution in [0.5, 0.6) is 5.75 Å². The van der Waals surface area contributed by atoms with Crippen molar-refractivity contribution in [2.24, 2.45) is 0 Å². The van der Waals surface area contributed by atoms with Gasteiger partial charge in [0.1, 0.15) is 5.75 Å². The van der Waals surface area contributed by atoms with E-state index in [1.54, 1.807) is 12.1 Å². The quantitative estimate of drug-likeness (QED) is 0.796. The molecule has 0 aromatic heterocycles. The van der Waals surface area contributed by atoms with E-state index in [4.69, 9.17) is 37.2 Å². The van der Waals surface area contributed by atoms with Gasteiger partial charge in [-0.1, -0.05) is 23.2 Å². The van der Waals surface area contributed by atoms with Gasteiger partial charge in [0.25, 0.3) is 0 Å². The lowest BCUT2D eigenvalue weighted by molar-refractivity contribution is 0.00578. The summed E-state index contributed by atoms with van der Waals surface area (Å²) >= 11 is 12.3. The fourth-order valence-electron chi connectivity index (χ4n) is 2.03. The van der Waals surface area contributed by atoms with Crippen LogP contribution in [0.15, 0.2) is 12.1 Å². The van der Waals surface area contributed by atoms with E-state index in [1.165, 1.54) is 0 Å². The molecule has 2 rings (SSSR count). The third-order valence-corrected chi connectivity index (χ3v) is 4.38. The zero-order valence-electron chi connectivity index (χ0n) is 12.4. The largest absolute Gasteiger partial charge is 0.500 e. The van der Waals surface area contributed by atoms with Crippen LogP contribution in [-0.2, 0) is 9.31 Å². The first kappa shape index (κ1) is 16.0. The molecule has 0 amide bonds. The highest BCUT2D eigenvalue weighted by Gasteiger charge is 2.53. The number of halogens is 2. The molecule has 1 aliphatic heterocycles. The molecule has 6 heteroatoms. The first-order valence-electron chi connectivity index (χ1n) is 6.65. The molecule has 1 aromatic carbocycles. The standard InChI is InChI=1S/C14H19BCl2O3/c1-6-18-11-8-9(16)7-10(17)12(11)15-19-13(2,3)14(4,5)20-15/h7-8H,6H2,1-5H3. The minimum absolute atomic E-state index is 0.426. The smallest absolute Gasteiger partial charge is 0.494 e. The van der Waals surface area contributed by atoms with Crippen molar-refractivity contribution in [2.45, 2.75) is 45.8 Å². The van der Waals surface area contributed by atoms with Crippen molar-refractivity contribution < 1.29 is 14.0 Å². The minimum atomic E-state index is -0.564. The second-order valence-electron chi connectivity index (χ2n) is 5.82. The maximum atomic E-state index is 6.31. The molecule has 20 heavy (non-hydrogen) atoms. The molecule has 0 N–H and O–H groups in total. The van der Waals surface area contributed by atoms with Crippen LogP contribution in [0.25, 0.3) is 0 Å². The molecular formula is C14H19BCl2O3. The third kappa shape index (κ3) is 2.80. The van der Waals surface area contributed by atoms with E-state index < -0.39 is 18.3 Å². The normalized spacial score (nSPS) is 20.2. The zero-order chi connectivity index (χ0) is 15.1. The molecule has 1 aromatic rings. The van der Waals surface area contributed by atoms with Crippen molar-refractivity contribution in [3.63, 3.8) is 0 Å². The van der Waals surface area contributed by atoms with Gasteiger partial charge in [0.2, 0.25) is 0 Å². The van der Waals surface area contributed by atoms with Gasteiger partial charge in [0.05, 0.1) is 17.8 Å². The fourth-order valence-corrected chi connectivity index (χ4v) is 2.59. The molecule has 1 saturated heterocycles. The van der Waals surface area contributed by atoms with E-state index in [0.29, 0.717) is 27.9 Å². The third-order valence-electron chi connectivity index (χ3n) is 3.85. The van der Waals surface area contributed by atoms with Crippen molar-refractivity contribution in [2.75, 3.05) is 6.61 Å². The van der Waals surface area contributed by atoms with Gasteiger partial charge >= 0.3 is 7.12 Å². The van der Waals surface area contributed by atoms with Crippen molar-refractivity contribution >= 4 is 35.8 Å². The van der Waals surface area contributed by atoms with Gasteiger partial charge in [0.15, 0.2) is 0 Å². The zero-order valence-corrected chi connectivity index (χ0v) is 13.9. The fraction of sp³-hybridized carbons (Fsp3) is 0.571. The van der Waals surface area contributed by atoms with Gasteiger partial charge in [-0.2, -0.15) is 0 Å². The van der Waals surface area contributed by atoms with Crippen LogP contribution in [0.2, 0.25) is 10.0 Å². The lowest BCUT2D eigenvalue weighted by atomic mass is 9.78. The van der Waals surface area contributed by atoms with E-state index >= 15 is 0 Å². The lowest BCUT2D eigenvalue weighted by Gasteiger charge is -2.32. The maximum Gasteiger partial charge on any atom is 0.500 e. The molecule has 1 aliphatic rings. The SMILES string of the molecule is CCOc1cc(Cl)cc(Cl)c1B1OC(C)(C)C(C)(C)O1. The lowest BCUT2D eigenvalue weighted by Crippen LogP contribution is -2.41. The number of hydrogen-bond acceptors (Lipinski definition) is 3. The Morgan fingerprint density at radius 2 is 1.65 bits per heavy atom. The maximum absolute atomic E-state index is 6.31. The molecule has 0 saturated carbocycles. The van der Waals surface area contributed by atoms with E-state index in [0.717, 1.165) is 0 Å². The molecule has 0 atom stereocenters. The minimum Gasteiger partial charge on any atom is -0.494 e. The number of rotatable bonds is 3. The van der Waals surface area contributed by atoms with E-state index in [-0.39, 0.29) is 0 Å². The molecule has 110 valence electrons. The van der Waals surface area contributed by atoms with E-state index in [9.17, 15) is 0 Å². The first-order chi connectivity index (χ1) is 9.18. The summed E-state index contributed by atoms with van der Waals surface area (Å²) in [6, 6.07) is 3.41. The van der Waals surface area contributed by atoms with Crippen molar-refractivity contribution in [1.29, 1.82) is 0 Å². The van der Waals surface area contributed by atoms with Gasteiger partial charge in [-0.15, -0.1) is 0 Å². The Hall–Kier alpha value is -0.415. The Bertz CT molecular complexity index is 501. The molecule has 0 radical (unpaired) electrons. The second kappa shape index (κ2) is 5.41. The molecule has 0 bridgehead atoms. The molecule has 3 nitrogen and oxygen atoms in total. The highest BCUT2D eigenvalue weighted by molar-refractivity contribution is 6.67. The summed E-state index contributed by atoms with van der Waals surface area (Å²) in [5.41, 5.74) is -0.162. The summed E-state index contributed by atoms with van der Waals surface area (Å²) in [6.07, 6.45) is 0. The van der Waals surface area contributed by atoms with Crippen LogP contribution in [0.4, 0.5) is 0 Å². The molecule has 0 aliphatic carbocycles. The second-order valence-corrected chi connectivity index (χ2v) is 6.66. The van der Waals surface area contributed by atoms with Crippen LogP contribution in [-0.4, -0.2) is 24.9 Å². The van der Waals surface area contributed by atoms with Gasteiger partial charge in [-0.05, 0) is 46.8 Å². The van der Waals surface area contributed by atoms with Crippen LogP contribution < -0.4 is 10.2 Å². The highest BCUT2D eigenvalue weighted by Crippen LogP contribution is 2.38. The molecular weight excluding hydrogens is 298 g/mol. The van der Waals surface area contributed by atoms with E-state index in [2.05, 4.69) is 0 Å². The van der Waals surface area contributed by atoms with Crippen LogP contribution in [0.1, 0.15) is 34.6 Å². The summed E-state index contributed by atoms with van der Waals surface area (Å²) in [4.78, 5) is 0. The van der Waals surface area contributed by atoms with Gasteiger partial charge in [-0.3, -0.25) is 0 Å². The summed E-state index contributed by atoms with van der Waals surface area (Å²) in [5.74, 6) is 0.600. The average molecular weight is 317 g/mol. The summed E-state index contributed by atoms with van der Waals surface area (Å²) in [5, 5.41) is 1.01. The first-order valence-corrected chi connectivity index (χ1v) is 7.41. The van der Waals surface area contributed by atoms with Crippen molar-refractivity contribution in [3.8, 4) is 5.75 Å². The monoisotopic (exact) mass is 316 g/mol. The van der Waals surface area contributed by atoms with Crippen LogP contribution in [0.3, 0.4) is 0 Å². The Morgan fingerprint density at radius 3 is 2.15 bits per heavy atom. The summed E-state index contributed by atoms with van der Waals surface area (Å²) in [7, 11) is -0.564. The summed E-state index contributed by atoms with van der Waals surface area (Å²) < 4.78 is 17.7. The van der Waals surface area contributed by atoms with Crippen molar-refractivity contribution in [3.05, 3.63) is 22.2 Å². The number of benzene rings is 1. The molecule has 0 spiro atoms. The molecule has 0 unspecified atom stereocenters. The predicted octanol–water partition coefficient (Wildman–Crippen LogP) is 3.69. The van der Waals surface area contributed by atoms with Crippen molar-refractivity contribution in [1.82, 2.24) is 0 Å².